The molecule has 0 aromatic rings. The van der Waals surface area contributed by atoms with Gasteiger partial charge in [0.15, 0.2) is 0 Å². The average molecular weight is 533 g/mol. The molecular formula is C31H64O4S. The molecule has 0 aromatic heterocycles. The Morgan fingerprint density at radius 3 is 1.17 bits per heavy atom. The van der Waals surface area contributed by atoms with E-state index in [1.165, 1.54) is 128 Å². The van der Waals surface area contributed by atoms with E-state index >= 15 is 0 Å². The second-order valence-corrected chi connectivity index (χ2v) is 11.2. The largest absolute Gasteiger partial charge is 0.364 e. The number of ether oxygens (including phenoxy) is 2. The van der Waals surface area contributed by atoms with Crippen LogP contribution in [0, 0.1) is 0 Å². The highest BCUT2D eigenvalue weighted by Crippen LogP contribution is 2.19. The van der Waals surface area contributed by atoms with Crippen LogP contribution in [0.2, 0.25) is 0 Å². The fourth-order valence-corrected chi connectivity index (χ4v) is 4.90. The van der Waals surface area contributed by atoms with Crippen molar-refractivity contribution in [2.45, 2.75) is 180 Å². The maximum atomic E-state index is 10.6. The number of unbranched alkanes of at least 4 members (excludes halogenated alkanes) is 22. The smallest absolute Gasteiger partial charge is 0.227 e. The van der Waals surface area contributed by atoms with Crippen LogP contribution in [0.5, 0.6) is 0 Å². The molecule has 0 aliphatic rings. The average Bonchev–Trinajstić information content (AvgIpc) is 2.89. The molecule has 4 nitrogen and oxygen atoms in total. The molecule has 0 heterocycles. The van der Waals surface area contributed by atoms with Crippen LogP contribution in [0.1, 0.15) is 168 Å². The summed E-state index contributed by atoms with van der Waals surface area (Å²) in [5.41, 5.74) is 0. The third-order valence-electron chi connectivity index (χ3n) is 7.24. The van der Waals surface area contributed by atoms with Crippen molar-refractivity contribution in [3.63, 3.8) is 0 Å². The summed E-state index contributed by atoms with van der Waals surface area (Å²) in [4.78, 5) is 0. The standard InChI is InChI=1S/C31H64O4S/c1-3-5-7-9-11-13-15-17-19-21-23-25-27-34-30(32)31(33,29-36)35-28-26-24-22-20-18-16-14-12-10-8-6-4-2/h30,32-33,36H,3-29H2,1-2H3. The zero-order chi connectivity index (χ0) is 26.6. The van der Waals surface area contributed by atoms with Gasteiger partial charge in [0.05, 0.1) is 6.61 Å². The first-order valence-corrected chi connectivity index (χ1v) is 16.5. The van der Waals surface area contributed by atoms with Crippen molar-refractivity contribution >= 4 is 12.6 Å². The lowest BCUT2D eigenvalue weighted by Crippen LogP contribution is -2.48. The van der Waals surface area contributed by atoms with Crippen molar-refractivity contribution in [1.29, 1.82) is 0 Å². The lowest BCUT2D eigenvalue weighted by molar-refractivity contribution is -0.312. The molecule has 218 valence electrons. The molecule has 2 N–H and O–H groups in total. The fourth-order valence-electron chi connectivity index (χ4n) is 4.66. The Kier molecular flexibility index (Phi) is 28.4. The zero-order valence-corrected chi connectivity index (χ0v) is 25.2. The number of thiol groups is 1. The molecule has 0 bridgehead atoms. The topological polar surface area (TPSA) is 58.9 Å². The molecule has 0 fully saturated rings. The highest BCUT2D eigenvalue weighted by molar-refractivity contribution is 7.80. The van der Waals surface area contributed by atoms with E-state index in [1.54, 1.807) is 0 Å². The maximum Gasteiger partial charge on any atom is 0.227 e. The van der Waals surface area contributed by atoms with Crippen LogP contribution in [-0.2, 0) is 9.47 Å². The first-order chi connectivity index (χ1) is 17.6. The Morgan fingerprint density at radius 1 is 0.528 bits per heavy atom. The number of hydrogen-bond acceptors (Lipinski definition) is 5. The molecule has 0 aromatic carbocycles. The van der Waals surface area contributed by atoms with Crippen LogP contribution in [0.3, 0.4) is 0 Å². The Bertz CT molecular complexity index is 423. The van der Waals surface area contributed by atoms with Gasteiger partial charge in [0.25, 0.3) is 0 Å². The first-order valence-electron chi connectivity index (χ1n) is 15.9. The first kappa shape index (κ1) is 36.2. The summed E-state index contributed by atoms with van der Waals surface area (Å²) in [5.74, 6) is -1.71. The molecule has 0 radical (unpaired) electrons. The summed E-state index contributed by atoms with van der Waals surface area (Å²) >= 11 is 4.19. The van der Waals surface area contributed by atoms with E-state index < -0.39 is 12.1 Å². The van der Waals surface area contributed by atoms with Gasteiger partial charge in [0, 0.05) is 12.4 Å². The molecule has 0 aliphatic carbocycles. The van der Waals surface area contributed by atoms with Crippen LogP contribution in [0.15, 0.2) is 0 Å². The summed E-state index contributed by atoms with van der Waals surface area (Å²) in [7, 11) is 0. The van der Waals surface area contributed by atoms with Gasteiger partial charge in [-0.1, -0.05) is 155 Å². The second kappa shape index (κ2) is 28.2. The van der Waals surface area contributed by atoms with E-state index in [0.29, 0.717) is 13.2 Å². The molecular weight excluding hydrogens is 468 g/mol. The summed E-state index contributed by atoms with van der Waals surface area (Å²) in [6.45, 7) is 5.40. The summed E-state index contributed by atoms with van der Waals surface area (Å²) in [6, 6.07) is 0. The van der Waals surface area contributed by atoms with Crippen molar-refractivity contribution in [3.8, 4) is 0 Å². The third kappa shape index (κ3) is 23.3. The molecule has 0 rings (SSSR count). The normalized spacial score (nSPS) is 14.2. The van der Waals surface area contributed by atoms with E-state index in [1.807, 2.05) is 0 Å². The van der Waals surface area contributed by atoms with E-state index in [0.717, 1.165) is 25.7 Å². The zero-order valence-electron chi connectivity index (χ0n) is 24.3. The Hall–Kier alpha value is 0.190. The predicted octanol–water partition coefficient (Wildman–Crippen LogP) is 9.36. The minimum absolute atomic E-state index is 0.0187. The van der Waals surface area contributed by atoms with Gasteiger partial charge in [-0.15, -0.1) is 0 Å². The van der Waals surface area contributed by atoms with Crippen LogP contribution >= 0.6 is 12.6 Å². The van der Waals surface area contributed by atoms with Gasteiger partial charge < -0.3 is 19.7 Å². The quantitative estimate of drug-likeness (QED) is 0.0490. The van der Waals surface area contributed by atoms with Crippen LogP contribution < -0.4 is 0 Å². The second-order valence-electron chi connectivity index (χ2n) is 10.9. The molecule has 36 heavy (non-hydrogen) atoms. The molecule has 0 spiro atoms. The van der Waals surface area contributed by atoms with E-state index in [-0.39, 0.29) is 5.75 Å². The van der Waals surface area contributed by atoms with Gasteiger partial charge in [-0.3, -0.25) is 0 Å². The molecule has 0 amide bonds. The van der Waals surface area contributed by atoms with Crippen LogP contribution in [-0.4, -0.2) is 41.3 Å². The Morgan fingerprint density at radius 2 is 0.833 bits per heavy atom. The van der Waals surface area contributed by atoms with Gasteiger partial charge in [0.2, 0.25) is 12.1 Å². The molecule has 2 unspecified atom stereocenters. The van der Waals surface area contributed by atoms with Crippen LogP contribution in [0.25, 0.3) is 0 Å². The van der Waals surface area contributed by atoms with E-state index in [4.69, 9.17) is 9.47 Å². The van der Waals surface area contributed by atoms with Gasteiger partial charge in [-0.25, -0.2) is 0 Å². The van der Waals surface area contributed by atoms with Gasteiger partial charge >= 0.3 is 0 Å². The van der Waals surface area contributed by atoms with E-state index in [9.17, 15) is 10.2 Å². The predicted molar refractivity (Wildman–Crippen MR) is 159 cm³/mol. The fraction of sp³-hybridized carbons (Fsp3) is 1.00. The molecule has 0 saturated carbocycles. The monoisotopic (exact) mass is 532 g/mol. The van der Waals surface area contributed by atoms with Crippen molar-refractivity contribution in [2.24, 2.45) is 0 Å². The summed E-state index contributed by atoms with van der Waals surface area (Å²) < 4.78 is 11.1. The van der Waals surface area contributed by atoms with Gasteiger partial charge in [0.1, 0.15) is 0 Å². The molecule has 5 heteroatoms. The number of rotatable bonds is 30. The van der Waals surface area contributed by atoms with E-state index in [2.05, 4.69) is 26.5 Å². The lowest BCUT2D eigenvalue weighted by atomic mass is 10.1. The lowest BCUT2D eigenvalue weighted by Gasteiger charge is -2.31. The molecule has 0 aliphatic heterocycles. The van der Waals surface area contributed by atoms with Crippen LogP contribution in [0.4, 0.5) is 0 Å². The van der Waals surface area contributed by atoms with Crippen molar-refractivity contribution in [2.75, 3.05) is 19.0 Å². The number of aliphatic hydroxyl groups is 2. The van der Waals surface area contributed by atoms with Crippen molar-refractivity contribution in [1.82, 2.24) is 0 Å². The Labute approximate surface area is 231 Å². The highest BCUT2D eigenvalue weighted by atomic mass is 32.1. The minimum Gasteiger partial charge on any atom is -0.364 e. The number of hydrogen-bond donors (Lipinski definition) is 3. The molecule has 0 saturated heterocycles. The van der Waals surface area contributed by atoms with Crippen molar-refractivity contribution in [3.05, 3.63) is 0 Å². The maximum absolute atomic E-state index is 10.6. The third-order valence-corrected chi connectivity index (χ3v) is 7.69. The van der Waals surface area contributed by atoms with Gasteiger partial charge in [-0.2, -0.15) is 12.6 Å². The number of aliphatic hydroxyl groups excluding tert-OH is 1. The highest BCUT2D eigenvalue weighted by Gasteiger charge is 2.36. The van der Waals surface area contributed by atoms with Gasteiger partial charge in [-0.05, 0) is 12.8 Å². The van der Waals surface area contributed by atoms with Crippen molar-refractivity contribution < 1.29 is 19.7 Å². The summed E-state index contributed by atoms with van der Waals surface area (Å²) in [6.07, 6.45) is 29.5. The Balaban J connectivity index is 3.57. The summed E-state index contributed by atoms with van der Waals surface area (Å²) in [5, 5.41) is 20.9. The SMILES string of the molecule is CCCCCCCCCCCCCCOC(O)C(O)(CS)OCCCCCCCCCCCCCC. The molecule has 2 atom stereocenters. The minimum atomic E-state index is -1.72.